The second kappa shape index (κ2) is 6.55. The zero-order valence-electron chi connectivity index (χ0n) is 13.4. The smallest absolute Gasteiger partial charge is 0.333 e. The average Bonchev–Trinajstić information content (AvgIpc) is 3.20. The molecular weight excluding hydrogens is 276 g/mol. The molecule has 2 aliphatic carbocycles. The summed E-state index contributed by atoms with van der Waals surface area (Å²) in [5.41, 5.74) is 3.25. The number of hydrogen-bond acceptors (Lipinski definition) is 3. The van der Waals surface area contributed by atoms with Crippen LogP contribution in [0.4, 0.5) is 0 Å². The summed E-state index contributed by atoms with van der Waals surface area (Å²) in [5, 5.41) is 0. The van der Waals surface area contributed by atoms with Gasteiger partial charge in [-0.1, -0.05) is 18.2 Å². The number of rotatable bonds is 4. The Morgan fingerprint density at radius 3 is 2.73 bits per heavy atom. The topological polar surface area (TPSA) is 35.5 Å². The zero-order valence-corrected chi connectivity index (χ0v) is 13.4. The normalized spacial score (nSPS) is 21.7. The van der Waals surface area contributed by atoms with Crippen LogP contribution in [0.3, 0.4) is 0 Å². The molecule has 0 saturated heterocycles. The largest absolute Gasteiger partial charge is 0.490 e. The maximum atomic E-state index is 11.6. The number of methoxy groups -OCH3 is 1. The summed E-state index contributed by atoms with van der Waals surface area (Å²) in [6.07, 6.45) is 8.93. The van der Waals surface area contributed by atoms with Gasteiger partial charge in [-0.25, -0.2) is 4.79 Å². The van der Waals surface area contributed by atoms with Crippen LogP contribution in [-0.4, -0.2) is 19.2 Å². The molecule has 3 heteroatoms. The van der Waals surface area contributed by atoms with Gasteiger partial charge in [0.05, 0.1) is 13.2 Å². The van der Waals surface area contributed by atoms with Crippen LogP contribution in [0.2, 0.25) is 0 Å². The van der Waals surface area contributed by atoms with E-state index in [4.69, 9.17) is 9.47 Å². The fourth-order valence-corrected chi connectivity index (χ4v) is 3.45. The molecule has 1 aromatic carbocycles. The number of benzene rings is 1. The molecule has 0 radical (unpaired) electrons. The van der Waals surface area contributed by atoms with E-state index in [1.165, 1.54) is 43.9 Å². The first-order valence-corrected chi connectivity index (χ1v) is 8.22. The molecule has 2 aliphatic rings. The molecule has 0 amide bonds. The molecule has 3 rings (SSSR count). The lowest BCUT2D eigenvalue weighted by Crippen LogP contribution is -2.12. The Labute approximate surface area is 132 Å². The van der Waals surface area contributed by atoms with Crippen molar-refractivity contribution in [3.63, 3.8) is 0 Å². The van der Waals surface area contributed by atoms with E-state index in [1.807, 2.05) is 6.08 Å². The number of esters is 1. The molecule has 1 atom stereocenters. The third kappa shape index (κ3) is 3.18. The number of allylic oxidation sites excluding steroid dienone is 1. The van der Waals surface area contributed by atoms with Crippen molar-refractivity contribution >= 4 is 5.97 Å². The van der Waals surface area contributed by atoms with E-state index in [0.717, 1.165) is 24.2 Å². The van der Waals surface area contributed by atoms with E-state index >= 15 is 0 Å². The summed E-state index contributed by atoms with van der Waals surface area (Å²) in [6.45, 7) is 2.10. The number of ether oxygens (including phenoxy) is 2. The highest BCUT2D eigenvalue weighted by Crippen LogP contribution is 2.37. The van der Waals surface area contributed by atoms with Gasteiger partial charge in [-0.3, -0.25) is 0 Å². The third-order valence-corrected chi connectivity index (χ3v) is 4.84. The summed E-state index contributed by atoms with van der Waals surface area (Å²) in [5.74, 6) is 1.17. The lowest BCUT2D eigenvalue weighted by Gasteiger charge is -2.18. The van der Waals surface area contributed by atoms with E-state index in [9.17, 15) is 4.79 Å². The van der Waals surface area contributed by atoms with Crippen LogP contribution in [0.25, 0.3) is 0 Å². The fourth-order valence-electron chi connectivity index (χ4n) is 3.45. The van der Waals surface area contributed by atoms with Gasteiger partial charge in [-0.2, -0.15) is 0 Å². The van der Waals surface area contributed by atoms with Gasteiger partial charge in [0.2, 0.25) is 0 Å². The minimum absolute atomic E-state index is 0.197. The van der Waals surface area contributed by atoms with Crippen molar-refractivity contribution in [3.8, 4) is 5.75 Å². The maximum Gasteiger partial charge on any atom is 0.333 e. The molecule has 1 aromatic rings. The number of carbonyl (C=O) groups is 1. The van der Waals surface area contributed by atoms with Crippen LogP contribution in [0.5, 0.6) is 5.75 Å². The highest BCUT2D eigenvalue weighted by Gasteiger charge is 2.25. The monoisotopic (exact) mass is 300 g/mol. The van der Waals surface area contributed by atoms with E-state index < -0.39 is 0 Å². The predicted octanol–water partition coefficient (Wildman–Crippen LogP) is 4.29. The quantitative estimate of drug-likeness (QED) is 0.778. The lowest BCUT2D eigenvalue weighted by molar-refractivity contribution is -0.136. The molecular formula is C19H24O3. The summed E-state index contributed by atoms with van der Waals surface area (Å²) in [7, 11) is 1.44. The molecule has 0 heterocycles. The van der Waals surface area contributed by atoms with Gasteiger partial charge in [-0.05, 0) is 68.6 Å². The Hall–Kier alpha value is -1.77. The van der Waals surface area contributed by atoms with Gasteiger partial charge in [0.15, 0.2) is 0 Å². The van der Waals surface area contributed by atoms with Gasteiger partial charge >= 0.3 is 5.97 Å². The average molecular weight is 300 g/mol. The van der Waals surface area contributed by atoms with Crippen LogP contribution in [0.1, 0.15) is 55.6 Å². The van der Waals surface area contributed by atoms with E-state index in [1.54, 1.807) is 0 Å². The summed E-state index contributed by atoms with van der Waals surface area (Å²) in [4.78, 5) is 11.6. The minimum atomic E-state index is -0.197. The highest BCUT2D eigenvalue weighted by molar-refractivity contribution is 5.89. The fraction of sp³-hybridized carbons (Fsp3) is 0.526. The van der Waals surface area contributed by atoms with Crippen LogP contribution in [0.15, 0.2) is 29.8 Å². The minimum Gasteiger partial charge on any atom is -0.490 e. The lowest BCUT2D eigenvalue weighted by atomic mass is 9.94. The molecule has 0 spiro atoms. The van der Waals surface area contributed by atoms with Gasteiger partial charge in [0.1, 0.15) is 5.75 Å². The summed E-state index contributed by atoms with van der Waals surface area (Å²) >= 11 is 0. The van der Waals surface area contributed by atoms with Crippen molar-refractivity contribution in [3.05, 3.63) is 41.0 Å². The number of hydrogen-bond donors (Lipinski definition) is 0. The number of carbonyl (C=O) groups excluding carboxylic acids is 1. The van der Waals surface area contributed by atoms with Crippen molar-refractivity contribution in [1.82, 2.24) is 0 Å². The third-order valence-electron chi connectivity index (χ3n) is 4.84. The summed E-state index contributed by atoms with van der Waals surface area (Å²) in [6, 6.07) is 6.47. The molecule has 1 saturated carbocycles. The van der Waals surface area contributed by atoms with Crippen molar-refractivity contribution in [1.29, 1.82) is 0 Å². The molecule has 0 aliphatic heterocycles. The second-order valence-corrected chi connectivity index (χ2v) is 6.41. The Balaban J connectivity index is 1.71. The molecule has 22 heavy (non-hydrogen) atoms. The summed E-state index contributed by atoms with van der Waals surface area (Å²) < 4.78 is 11.0. The first-order chi connectivity index (χ1) is 10.7. The molecule has 118 valence electrons. The van der Waals surface area contributed by atoms with E-state index in [2.05, 4.69) is 25.1 Å². The molecule has 0 bridgehead atoms. The zero-order chi connectivity index (χ0) is 15.5. The van der Waals surface area contributed by atoms with Crippen LogP contribution < -0.4 is 4.74 Å². The van der Waals surface area contributed by atoms with Crippen molar-refractivity contribution in [2.24, 2.45) is 0 Å². The maximum absolute atomic E-state index is 11.6. The van der Waals surface area contributed by atoms with Gasteiger partial charge < -0.3 is 9.47 Å². The Morgan fingerprint density at radius 2 is 2.00 bits per heavy atom. The van der Waals surface area contributed by atoms with E-state index in [0.29, 0.717) is 12.0 Å². The molecule has 1 unspecified atom stereocenters. The number of aryl methyl sites for hydroxylation is 1. The van der Waals surface area contributed by atoms with Crippen molar-refractivity contribution < 1.29 is 14.3 Å². The van der Waals surface area contributed by atoms with Gasteiger partial charge in [-0.15, -0.1) is 0 Å². The molecule has 3 nitrogen and oxygen atoms in total. The molecule has 0 aromatic heterocycles. The molecule has 0 N–H and O–H groups in total. The van der Waals surface area contributed by atoms with Gasteiger partial charge in [0.25, 0.3) is 0 Å². The first-order valence-electron chi connectivity index (χ1n) is 8.22. The Kier molecular flexibility index (Phi) is 4.51. The SMILES string of the molecule is COC(=O)C1=CCC(c2ccc(C)c(OC3CCCC3)c2)C1. The second-order valence-electron chi connectivity index (χ2n) is 6.41. The van der Waals surface area contributed by atoms with Crippen LogP contribution in [-0.2, 0) is 9.53 Å². The van der Waals surface area contributed by atoms with E-state index in [-0.39, 0.29) is 5.97 Å². The highest BCUT2D eigenvalue weighted by atomic mass is 16.5. The van der Waals surface area contributed by atoms with Gasteiger partial charge in [0, 0.05) is 5.57 Å². The first kappa shape index (κ1) is 15.1. The molecule has 1 fully saturated rings. The van der Waals surface area contributed by atoms with Crippen molar-refractivity contribution in [2.75, 3.05) is 7.11 Å². The van der Waals surface area contributed by atoms with Crippen LogP contribution in [0, 0.1) is 6.92 Å². The Morgan fingerprint density at radius 1 is 1.23 bits per heavy atom. The Bertz CT molecular complexity index is 582. The standard InChI is InChI=1S/C19H24O3/c1-13-7-8-15(12-18(13)22-17-5-3-4-6-17)14-9-10-16(11-14)19(20)21-2/h7-8,10,12,14,17H,3-6,9,11H2,1-2H3. The predicted molar refractivity (Wildman–Crippen MR) is 86.1 cm³/mol. The van der Waals surface area contributed by atoms with Crippen LogP contribution >= 0.6 is 0 Å². The van der Waals surface area contributed by atoms with Crippen molar-refractivity contribution in [2.45, 2.75) is 57.5 Å².